The first-order valence-corrected chi connectivity index (χ1v) is 6.34. The molecule has 6 nitrogen and oxygen atoms in total. The van der Waals surface area contributed by atoms with Crippen LogP contribution < -0.4 is 5.73 Å². The van der Waals surface area contributed by atoms with Gasteiger partial charge in [0.05, 0.1) is 17.7 Å². The molecule has 0 radical (unpaired) electrons. The molecule has 0 aliphatic carbocycles. The van der Waals surface area contributed by atoms with Crippen molar-refractivity contribution in [1.82, 2.24) is 9.97 Å². The Morgan fingerprint density at radius 3 is 2.95 bits per heavy atom. The van der Waals surface area contributed by atoms with E-state index in [1.54, 1.807) is 19.1 Å². The second kappa shape index (κ2) is 5.54. The van der Waals surface area contributed by atoms with Crippen LogP contribution in [0.2, 0.25) is 0 Å². The number of nitriles is 1. The van der Waals surface area contributed by atoms with Gasteiger partial charge in [0, 0.05) is 0 Å². The lowest BCUT2D eigenvalue weighted by atomic mass is 10.2. The van der Waals surface area contributed by atoms with Gasteiger partial charge in [-0.2, -0.15) is 5.26 Å². The molecule has 0 bridgehead atoms. The summed E-state index contributed by atoms with van der Waals surface area (Å²) in [6.07, 6.45) is 1.52. The summed E-state index contributed by atoms with van der Waals surface area (Å²) >= 11 is 1.12. The quantitative estimate of drug-likeness (QED) is 0.668. The van der Waals surface area contributed by atoms with Crippen LogP contribution in [0, 0.1) is 18.3 Å². The molecule has 0 aliphatic rings. The van der Waals surface area contributed by atoms with Crippen molar-refractivity contribution in [3.8, 4) is 17.7 Å². The monoisotopic (exact) mass is 274 g/mol. The number of hydrogen-bond donors (Lipinski definition) is 1. The molecule has 7 heteroatoms. The number of carbonyl (C=O) groups is 1. The zero-order chi connectivity index (χ0) is 13.8. The maximum Gasteiger partial charge on any atom is 0.227 e. The summed E-state index contributed by atoms with van der Waals surface area (Å²) in [5, 5.41) is 9.53. The van der Waals surface area contributed by atoms with E-state index in [-0.39, 0.29) is 5.75 Å². The predicted molar refractivity (Wildman–Crippen MR) is 69.1 cm³/mol. The number of hydrogen-bond acceptors (Lipinski definition) is 6. The van der Waals surface area contributed by atoms with Crippen molar-refractivity contribution < 1.29 is 9.21 Å². The molecular formula is C12H10N4O2S. The summed E-state index contributed by atoms with van der Waals surface area (Å²) < 4.78 is 5.22. The summed E-state index contributed by atoms with van der Waals surface area (Å²) in [5.74, 6) is 0.481. The Hall–Kier alpha value is -2.33. The summed E-state index contributed by atoms with van der Waals surface area (Å²) in [5.41, 5.74) is 5.98. The van der Waals surface area contributed by atoms with Gasteiger partial charge in [-0.3, -0.25) is 4.79 Å². The van der Waals surface area contributed by atoms with Crippen molar-refractivity contribution in [2.75, 3.05) is 5.75 Å². The number of aromatic nitrogens is 2. The standard InChI is InChI=1S/C12H10N4O2S/c1-7-8(5-13)12(19-6-10(14)17)16-11(15-7)9-3-2-4-18-9/h2-4H,6H2,1H3,(H2,14,17). The molecule has 2 aromatic rings. The number of rotatable bonds is 4. The first kappa shape index (κ1) is 13.1. The first-order valence-electron chi connectivity index (χ1n) is 5.35. The normalized spacial score (nSPS) is 10.1. The number of nitrogens with zero attached hydrogens (tertiary/aromatic N) is 3. The number of furan rings is 1. The van der Waals surface area contributed by atoms with Crippen molar-refractivity contribution >= 4 is 17.7 Å². The van der Waals surface area contributed by atoms with Crippen molar-refractivity contribution in [1.29, 1.82) is 5.26 Å². The Bertz CT molecular complexity index is 646. The number of primary amides is 1. The predicted octanol–water partition coefficient (Wildman–Crippen LogP) is 1.49. The van der Waals surface area contributed by atoms with Crippen molar-refractivity contribution in [3.05, 3.63) is 29.7 Å². The molecule has 0 saturated heterocycles. The van der Waals surface area contributed by atoms with Gasteiger partial charge in [-0.15, -0.1) is 0 Å². The van der Waals surface area contributed by atoms with Crippen LogP contribution in [0.3, 0.4) is 0 Å². The second-order valence-corrected chi connectivity index (χ2v) is 4.62. The third-order valence-corrected chi connectivity index (χ3v) is 3.26. The highest BCUT2D eigenvalue weighted by Crippen LogP contribution is 2.25. The van der Waals surface area contributed by atoms with Gasteiger partial charge >= 0.3 is 0 Å². The van der Waals surface area contributed by atoms with Crippen LogP contribution in [-0.4, -0.2) is 21.6 Å². The molecule has 0 saturated carbocycles. The number of carbonyl (C=O) groups excluding carboxylic acids is 1. The Morgan fingerprint density at radius 1 is 1.58 bits per heavy atom. The molecule has 0 spiro atoms. The second-order valence-electron chi connectivity index (χ2n) is 3.66. The highest BCUT2D eigenvalue weighted by Gasteiger charge is 2.15. The van der Waals surface area contributed by atoms with Crippen molar-refractivity contribution in [2.24, 2.45) is 5.73 Å². The van der Waals surface area contributed by atoms with Crippen molar-refractivity contribution in [3.63, 3.8) is 0 Å². The fourth-order valence-corrected chi connectivity index (χ4v) is 2.20. The van der Waals surface area contributed by atoms with Gasteiger partial charge in [-0.1, -0.05) is 11.8 Å². The smallest absolute Gasteiger partial charge is 0.227 e. The molecule has 2 heterocycles. The van der Waals surface area contributed by atoms with Gasteiger partial charge < -0.3 is 10.2 Å². The third kappa shape index (κ3) is 2.92. The van der Waals surface area contributed by atoms with E-state index in [0.29, 0.717) is 27.9 Å². The summed E-state index contributed by atoms with van der Waals surface area (Å²) in [6, 6.07) is 5.48. The zero-order valence-corrected chi connectivity index (χ0v) is 10.9. The highest BCUT2D eigenvalue weighted by atomic mass is 32.2. The fraction of sp³-hybridized carbons (Fsp3) is 0.167. The number of thioether (sulfide) groups is 1. The van der Waals surface area contributed by atoms with Crippen LogP contribution in [0.25, 0.3) is 11.6 Å². The van der Waals surface area contributed by atoms with E-state index in [0.717, 1.165) is 11.8 Å². The minimum absolute atomic E-state index is 0.0583. The molecule has 2 aromatic heterocycles. The first-order chi connectivity index (χ1) is 9.11. The van der Waals surface area contributed by atoms with E-state index in [1.807, 2.05) is 6.07 Å². The topological polar surface area (TPSA) is 106 Å². The lowest BCUT2D eigenvalue weighted by Crippen LogP contribution is -2.13. The van der Waals surface area contributed by atoms with Crippen LogP contribution in [0.4, 0.5) is 0 Å². The molecular weight excluding hydrogens is 264 g/mol. The Morgan fingerprint density at radius 2 is 2.37 bits per heavy atom. The number of aryl methyl sites for hydroxylation is 1. The molecule has 96 valence electrons. The van der Waals surface area contributed by atoms with Gasteiger partial charge in [-0.05, 0) is 19.1 Å². The SMILES string of the molecule is Cc1nc(-c2ccco2)nc(SCC(N)=O)c1C#N. The van der Waals surface area contributed by atoms with E-state index in [4.69, 9.17) is 15.4 Å². The summed E-state index contributed by atoms with van der Waals surface area (Å²) in [6.45, 7) is 1.71. The minimum atomic E-state index is -0.468. The van der Waals surface area contributed by atoms with Gasteiger partial charge in [0.25, 0.3) is 0 Å². The van der Waals surface area contributed by atoms with Gasteiger partial charge in [-0.25, -0.2) is 9.97 Å². The molecule has 0 fully saturated rings. The van der Waals surface area contributed by atoms with Gasteiger partial charge in [0.15, 0.2) is 11.6 Å². The van der Waals surface area contributed by atoms with E-state index in [2.05, 4.69) is 9.97 Å². The van der Waals surface area contributed by atoms with E-state index in [9.17, 15) is 4.79 Å². The summed E-state index contributed by atoms with van der Waals surface area (Å²) in [4.78, 5) is 19.3. The number of amides is 1. The minimum Gasteiger partial charge on any atom is -0.461 e. The highest BCUT2D eigenvalue weighted by molar-refractivity contribution is 8.00. The van der Waals surface area contributed by atoms with Crippen LogP contribution >= 0.6 is 11.8 Å². The Labute approximate surface area is 113 Å². The summed E-state index contributed by atoms with van der Waals surface area (Å²) in [7, 11) is 0. The Kier molecular flexibility index (Phi) is 3.82. The van der Waals surface area contributed by atoms with Crippen LogP contribution in [-0.2, 0) is 4.79 Å². The van der Waals surface area contributed by atoms with E-state index in [1.165, 1.54) is 6.26 Å². The molecule has 19 heavy (non-hydrogen) atoms. The largest absolute Gasteiger partial charge is 0.461 e. The molecule has 0 unspecified atom stereocenters. The lowest BCUT2D eigenvalue weighted by Gasteiger charge is -2.06. The van der Waals surface area contributed by atoms with Gasteiger partial charge in [0.2, 0.25) is 5.91 Å². The van der Waals surface area contributed by atoms with Crippen LogP contribution in [0.15, 0.2) is 27.8 Å². The van der Waals surface area contributed by atoms with Crippen LogP contribution in [0.1, 0.15) is 11.3 Å². The molecule has 1 amide bonds. The van der Waals surface area contributed by atoms with Gasteiger partial charge in [0.1, 0.15) is 16.7 Å². The molecule has 0 aliphatic heterocycles. The van der Waals surface area contributed by atoms with E-state index >= 15 is 0 Å². The Balaban J connectivity index is 2.44. The molecule has 0 aromatic carbocycles. The lowest BCUT2D eigenvalue weighted by molar-refractivity contribution is -0.115. The average molecular weight is 274 g/mol. The molecule has 2 N–H and O–H groups in total. The maximum atomic E-state index is 10.8. The van der Waals surface area contributed by atoms with Crippen LogP contribution in [0.5, 0.6) is 0 Å². The van der Waals surface area contributed by atoms with Crippen molar-refractivity contribution in [2.45, 2.75) is 11.9 Å². The fourth-order valence-electron chi connectivity index (χ4n) is 1.44. The zero-order valence-electron chi connectivity index (χ0n) is 10.1. The molecule has 0 atom stereocenters. The molecule has 2 rings (SSSR count). The van der Waals surface area contributed by atoms with E-state index < -0.39 is 5.91 Å². The maximum absolute atomic E-state index is 10.8. The number of nitrogens with two attached hydrogens (primary N) is 1. The third-order valence-electron chi connectivity index (χ3n) is 2.26. The average Bonchev–Trinajstić information content (AvgIpc) is 2.89.